The summed E-state index contributed by atoms with van der Waals surface area (Å²) in [5, 5.41) is 18.0. The largest absolute Gasteiger partial charge is 0.493 e. The number of imidazole rings is 1. The van der Waals surface area contributed by atoms with Crippen LogP contribution in [0.25, 0.3) is 0 Å². The summed E-state index contributed by atoms with van der Waals surface area (Å²) in [6.45, 7) is 0.262. The monoisotopic (exact) mass is 269 g/mol. The van der Waals surface area contributed by atoms with Crippen molar-refractivity contribution in [3.8, 4) is 23.6 Å². The molecule has 100 valence electrons. The molecule has 0 aliphatic heterocycles. The molecule has 0 aliphatic carbocycles. The molecule has 0 aliphatic rings. The van der Waals surface area contributed by atoms with Crippen molar-refractivity contribution in [2.45, 2.75) is 6.54 Å². The Hall–Kier alpha value is -3.06. The van der Waals surface area contributed by atoms with Crippen LogP contribution < -0.4 is 9.47 Å². The van der Waals surface area contributed by atoms with Gasteiger partial charge in [-0.1, -0.05) is 0 Å². The third-order valence-corrected chi connectivity index (χ3v) is 2.74. The molecule has 0 N–H and O–H groups in total. The quantitative estimate of drug-likeness (QED) is 0.824. The summed E-state index contributed by atoms with van der Waals surface area (Å²) < 4.78 is 12.0. The zero-order valence-corrected chi connectivity index (χ0v) is 11.0. The topological polar surface area (TPSA) is 96.8 Å². The SMILES string of the molecule is COc1ccnc(Cn2cnc(C#N)c2C#N)c1OC. The van der Waals surface area contributed by atoms with E-state index in [1.54, 1.807) is 16.8 Å². The Kier molecular flexibility index (Phi) is 3.82. The molecule has 0 bridgehead atoms. The van der Waals surface area contributed by atoms with E-state index in [1.807, 2.05) is 12.1 Å². The Morgan fingerprint density at radius 1 is 1.20 bits per heavy atom. The average Bonchev–Trinajstić information content (AvgIpc) is 2.88. The first-order valence-corrected chi connectivity index (χ1v) is 5.66. The lowest BCUT2D eigenvalue weighted by Gasteiger charge is -2.12. The zero-order chi connectivity index (χ0) is 14.5. The molecular weight excluding hydrogens is 258 g/mol. The van der Waals surface area contributed by atoms with Crippen molar-refractivity contribution >= 4 is 0 Å². The molecule has 7 heteroatoms. The highest BCUT2D eigenvalue weighted by Gasteiger charge is 2.15. The standard InChI is InChI=1S/C13H11N5O2/c1-19-12-3-4-16-10(13(12)20-2)7-18-8-17-9(5-14)11(18)6-15/h3-4,8H,7H2,1-2H3. The number of rotatable bonds is 4. The fraction of sp³-hybridized carbons (Fsp3) is 0.231. The minimum absolute atomic E-state index is 0.0920. The summed E-state index contributed by atoms with van der Waals surface area (Å²) in [6.07, 6.45) is 3.02. The van der Waals surface area contributed by atoms with E-state index in [4.69, 9.17) is 20.0 Å². The normalized spacial score (nSPS) is 9.60. The minimum Gasteiger partial charge on any atom is -0.493 e. The van der Waals surface area contributed by atoms with Gasteiger partial charge in [0.25, 0.3) is 0 Å². The molecule has 0 unspecified atom stereocenters. The molecule has 2 aromatic rings. The lowest BCUT2D eigenvalue weighted by molar-refractivity contribution is 0.348. The Labute approximate surface area is 115 Å². The van der Waals surface area contributed by atoms with Crippen LogP contribution in [0, 0.1) is 22.7 Å². The highest BCUT2D eigenvalue weighted by molar-refractivity contribution is 5.43. The molecular formula is C13H11N5O2. The summed E-state index contributed by atoms with van der Waals surface area (Å²) >= 11 is 0. The molecule has 2 rings (SSSR count). The van der Waals surface area contributed by atoms with Crippen molar-refractivity contribution < 1.29 is 9.47 Å². The first kappa shape index (κ1) is 13.4. The first-order chi connectivity index (χ1) is 9.74. The van der Waals surface area contributed by atoms with E-state index in [1.165, 1.54) is 20.5 Å². The molecule has 0 saturated carbocycles. The Morgan fingerprint density at radius 3 is 2.60 bits per heavy atom. The predicted molar refractivity (Wildman–Crippen MR) is 68.1 cm³/mol. The van der Waals surface area contributed by atoms with E-state index in [-0.39, 0.29) is 17.9 Å². The number of nitrogens with zero attached hydrogens (tertiary/aromatic N) is 5. The van der Waals surface area contributed by atoms with Gasteiger partial charge in [0.05, 0.1) is 27.1 Å². The van der Waals surface area contributed by atoms with Crippen LogP contribution in [0.15, 0.2) is 18.6 Å². The van der Waals surface area contributed by atoms with E-state index in [0.29, 0.717) is 17.2 Å². The van der Waals surface area contributed by atoms with Crippen molar-refractivity contribution in [1.29, 1.82) is 10.5 Å². The van der Waals surface area contributed by atoms with E-state index in [0.717, 1.165) is 0 Å². The lowest BCUT2D eigenvalue weighted by atomic mass is 10.3. The van der Waals surface area contributed by atoms with E-state index >= 15 is 0 Å². The maximum absolute atomic E-state index is 9.09. The van der Waals surface area contributed by atoms with Crippen LogP contribution in [-0.2, 0) is 6.54 Å². The van der Waals surface area contributed by atoms with Gasteiger partial charge in [-0.2, -0.15) is 10.5 Å². The fourth-order valence-corrected chi connectivity index (χ4v) is 1.83. The predicted octanol–water partition coefficient (Wildman–Crippen LogP) is 1.09. The molecule has 2 heterocycles. The van der Waals surface area contributed by atoms with Gasteiger partial charge in [-0.05, 0) is 0 Å². The van der Waals surface area contributed by atoms with Crippen LogP contribution in [0.3, 0.4) is 0 Å². The third-order valence-electron chi connectivity index (χ3n) is 2.74. The Balaban J connectivity index is 2.44. The van der Waals surface area contributed by atoms with Crippen LogP contribution in [0.5, 0.6) is 11.5 Å². The number of ether oxygens (including phenoxy) is 2. The molecule has 0 aromatic carbocycles. The van der Waals surface area contributed by atoms with Crippen LogP contribution in [0.4, 0.5) is 0 Å². The van der Waals surface area contributed by atoms with Gasteiger partial charge in [-0.25, -0.2) is 4.98 Å². The maximum Gasteiger partial charge on any atom is 0.184 e. The highest BCUT2D eigenvalue weighted by Crippen LogP contribution is 2.29. The van der Waals surface area contributed by atoms with Gasteiger partial charge in [0, 0.05) is 12.3 Å². The van der Waals surface area contributed by atoms with Gasteiger partial charge in [-0.15, -0.1) is 0 Å². The van der Waals surface area contributed by atoms with Crippen LogP contribution >= 0.6 is 0 Å². The molecule has 20 heavy (non-hydrogen) atoms. The van der Waals surface area contributed by atoms with Crippen molar-refractivity contribution in [3.05, 3.63) is 35.7 Å². The first-order valence-electron chi connectivity index (χ1n) is 5.66. The maximum atomic E-state index is 9.09. The number of pyridine rings is 1. The zero-order valence-electron chi connectivity index (χ0n) is 11.0. The Bertz CT molecular complexity index is 709. The molecule has 2 aromatic heterocycles. The van der Waals surface area contributed by atoms with Crippen molar-refractivity contribution in [2.24, 2.45) is 0 Å². The third kappa shape index (κ3) is 2.25. The highest BCUT2D eigenvalue weighted by atomic mass is 16.5. The Morgan fingerprint density at radius 2 is 2.00 bits per heavy atom. The number of hydrogen-bond donors (Lipinski definition) is 0. The molecule has 0 saturated heterocycles. The van der Waals surface area contributed by atoms with Crippen molar-refractivity contribution in [3.63, 3.8) is 0 Å². The molecule has 0 radical (unpaired) electrons. The lowest BCUT2D eigenvalue weighted by Crippen LogP contribution is -2.06. The second kappa shape index (κ2) is 5.72. The summed E-state index contributed by atoms with van der Waals surface area (Å²) in [6, 6.07) is 5.52. The van der Waals surface area contributed by atoms with E-state index < -0.39 is 0 Å². The number of methoxy groups -OCH3 is 2. The fourth-order valence-electron chi connectivity index (χ4n) is 1.83. The van der Waals surface area contributed by atoms with Crippen LogP contribution in [0.1, 0.15) is 17.1 Å². The molecule has 7 nitrogen and oxygen atoms in total. The molecule has 0 spiro atoms. The summed E-state index contributed by atoms with van der Waals surface area (Å²) in [5.74, 6) is 1.04. The van der Waals surface area contributed by atoms with Crippen molar-refractivity contribution in [1.82, 2.24) is 14.5 Å². The van der Waals surface area contributed by atoms with E-state index in [2.05, 4.69) is 9.97 Å². The van der Waals surface area contributed by atoms with Gasteiger partial charge < -0.3 is 14.0 Å². The van der Waals surface area contributed by atoms with Gasteiger partial charge in [0.15, 0.2) is 22.9 Å². The number of nitriles is 2. The minimum atomic E-state index is 0.0920. The van der Waals surface area contributed by atoms with Gasteiger partial charge in [0.1, 0.15) is 17.8 Å². The number of hydrogen-bond acceptors (Lipinski definition) is 6. The van der Waals surface area contributed by atoms with Gasteiger partial charge in [0.2, 0.25) is 0 Å². The van der Waals surface area contributed by atoms with Crippen LogP contribution in [0.2, 0.25) is 0 Å². The average molecular weight is 269 g/mol. The van der Waals surface area contributed by atoms with Gasteiger partial charge in [-0.3, -0.25) is 4.98 Å². The summed E-state index contributed by atoms with van der Waals surface area (Å²) in [7, 11) is 3.05. The molecule has 0 amide bonds. The number of aromatic nitrogens is 3. The van der Waals surface area contributed by atoms with Crippen LogP contribution in [-0.4, -0.2) is 28.8 Å². The molecule has 0 atom stereocenters. The van der Waals surface area contributed by atoms with E-state index in [9.17, 15) is 0 Å². The molecule has 0 fully saturated rings. The summed E-state index contributed by atoms with van der Waals surface area (Å²) in [5.41, 5.74) is 0.874. The van der Waals surface area contributed by atoms with Crippen molar-refractivity contribution in [2.75, 3.05) is 14.2 Å². The van der Waals surface area contributed by atoms with Gasteiger partial charge >= 0.3 is 0 Å². The summed E-state index contributed by atoms with van der Waals surface area (Å²) in [4.78, 5) is 8.10. The smallest absolute Gasteiger partial charge is 0.184 e. The second-order valence-corrected chi connectivity index (χ2v) is 3.79. The second-order valence-electron chi connectivity index (χ2n) is 3.79.